The summed E-state index contributed by atoms with van der Waals surface area (Å²) in [6.45, 7) is 0. The van der Waals surface area contributed by atoms with Crippen molar-refractivity contribution in [1.82, 2.24) is 5.43 Å². The van der Waals surface area contributed by atoms with Crippen LogP contribution in [0.4, 0.5) is 0 Å². The van der Waals surface area contributed by atoms with Crippen molar-refractivity contribution in [3.63, 3.8) is 0 Å². The van der Waals surface area contributed by atoms with Gasteiger partial charge in [0.2, 0.25) is 0 Å². The third kappa shape index (κ3) is 5.10. The summed E-state index contributed by atoms with van der Waals surface area (Å²) in [7, 11) is 0. The van der Waals surface area contributed by atoms with Crippen molar-refractivity contribution in [3.8, 4) is 0 Å². The summed E-state index contributed by atoms with van der Waals surface area (Å²) < 4.78 is 1.17. The molecule has 0 spiro atoms. The summed E-state index contributed by atoms with van der Waals surface area (Å²) in [5.41, 5.74) is 3.00. The largest absolute Gasteiger partial charge is 0.271 e. The molecule has 1 unspecified atom stereocenters. The number of rotatable bonds is 6. The molecule has 1 saturated carbocycles. The van der Waals surface area contributed by atoms with Gasteiger partial charge in [-0.3, -0.25) is 11.3 Å². The van der Waals surface area contributed by atoms with Crippen molar-refractivity contribution in [2.45, 2.75) is 49.5 Å². The number of thioether (sulfide) groups is 1. The summed E-state index contributed by atoms with van der Waals surface area (Å²) in [6.07, 6.45) is 8.21. The zero-order chi connectivity index (χ0) is 13.5. The molecule has 0 radical (unpaired) electrons. The van der Waals surface area contributed by atoms with E-state index >= 15 is 0 Å². The van der Waals surface area contributed by atoms with Crippen LogP contribution >= 0.6 is 27.7 Å². The Bertz CT molecular complexity index is 380. The zero-order valence-corrected chi connectivity index (χ0v) is 13.7. The maximum Gasteiger partial charge on any atom is 0.0311 e. The van der Waals surface area contributed by atoms with Gasteiger partial charge in [0.1, 0.15) is 0 Å². The predicted octanol–water partition coefficient (Wildman–Crippen LogP) is 4.34. The SMILES string of the molecule is NNC(CSc1ccccc1Br)CC1CCCCC1. The molecule has 1 aromatic rings. The predicted molar refractivity (Wildman–Crippen MR) is 87.2 cm³/mol. The molecule has 1 atom stereocenters. The Labute approximate surface area is 129 Å². The van der Waals surface area contributed by atoms with Crippen molar-refractivity contribution in [2.24, 2.45) is 11.8 Å². The van der Waals surface area contributed by atoms with Crippen LogP contribution in [0.25, 0.3) is 0 Å². The highest BCUT2D eigenvalue weighted by Crippen LogP contribution is 2.31. The summed E-state index contributed by atoms with van der Waals surface area (Å²) >= 11 is 5.47. The standard InChI is InChI=1S/C15H23BrN2S/c16-14-8-4-5-9-15(14)19-11-13(18-17)10-12-6-2-1-3-7-12/h4-5,8-9,12-13,18H,1-3,6-7,10-11,17H2. The second kappa shape index (κ2) is 8.30. The fraction of sp³-hybridized carbons (Fsp3) is 0.600. The van der Waals surface area contributed by atoms with Crippen molar-refractivity contribution in [2.75, 3.05) is 5.75 Å². The Balaban J connectivity index is 1.80. The van der Waals surface area contributed by atoms with E-state index in [4.69, 9.17) is 5.84 Å². The molecule has 1 aromatic carbocycles. The van der Waals surface area contributed by atoms with E-state index in [0.29, 0.717) is 6.04 Å². The van der Waals surface area contributed by atoms with Gasteiger partial charge in [-0.2, -0.15) is 0 Å². The maximum atomic E-state index is 5.72. The van der Waals surface area contributed by atoms with Crippen molar-refractivity contribution in [1.29, 1.82) is 0 Å². The highest BCUT2D eigenvalue weighted by Gasteiger charge is 2.18. The number of benzene rings is 1. The Morgan fingerprint density at radius 3 is 2.68 bits per heavy atom. The number of hydrogen-bond acceptors (Lipinski definition) is 3. The third-order valence-corrected chi connectivity index (χ3v) is 6.04. The van der Waals surface area contributed by atoms with Crippen LogP contribution in [-0.4, -0.2) is 11.8 Å². The van der Waals surface area contributed by atoms with Crippen LogP contribution in [0.15, 0.2) is 33.6 Å². The summed E-state index contributed by atoms with van der Waals surface area (Å²) in [5, 5.41) is 0. The molecule has 4 heteroatoms. The molecule has 0 aliphatic heterocycles. The molecule has 0 heterocycles. The minimum absolute atomic E-state index is 0.417. The molecule has 0 amide bonds. The monoisotopic (exact) mass is 342 g/mol. The van der Waals surface area contributed by atoms with Gasteiger partial charge in [0.25, 0.3) is 0 Å². The number of halogens is 1. The van der Waals surface area contributed by atoms with E-state index < -0.39 is 0 Å². The van der Waals surface area contributed by atoms with E-state index in [1.807, 2.05) is 11.8 Å². The number of nitrogens with one attached hydrogen (secondary N) is 1. The molecule has 1 fully saturated rings. The smallest absolute Gasteiger partial charge is 0.0311 e. The zero-order valence-electron chi connectivity index (χ0n) is 11.3. The van der Waals surface area contributed by atoms with Gasteiger partial charge in [-0.1, -0.05) is 44.2 Å². The lowest BCUT2D eigenvalue weighted by molar-refractivity contribution is 0.308. The summed E-state index contributed by atoms with van der Waals surface area (Å²) in [4.78, 5) is 1.30. The molecule has 106 valence electrons. The van der Waals surface area contributed by atoms with Crippen LogP contribution in [0.2, 0.25) is 0 Å². The van der Waals surface area contributed by atoms with Crippen LogP contribution in [0.1, 0.15) is 38.5 Å². The third-order valence-electron chi connectivity index (χ3n) is 3.85. The summed E-state index contributed by atoms with van der Waals surface area (Å²) in [6, 6.07) is 8.80. The van der Waals surface area contributed by atoms with Crippen LogP contribution < -0.4 is 11.3 Å². The van der Waals surface area contributed by atoms with E-state index in [1.165, 1.54) is 47.9 Å². The topological polar surface area (TPSA) is 38.0 Å². The maximum absolute atomic E-state index is 5.72. The first-order valence-electron chi connectivity index (χ1n) is 7.13. The van der Waals surface area contributed by atoms with E-state index in [2.05, 4.69) is 45.6 Å². The molecule has 2 rings (SSSR count). The number of hydrogen-bond donors (Lipinski definition) is 2. The average Bonchev–Trinajstić information content (AvgIpc) is 2.46. The van der Waals surface area contributed by atoms with Gasteiger partial charge in [0, 0.05) is 21.2 Å². The minimum atomic E-state index is 0.417. The highest BCUT2D eigenvalue weighted by molar-refractivity contribution is 9.10. The molecule has 2 nitrogen and oxygen atoms in total. The molecule has 0 aromatic heterocycles. The molecule has 0 bridgehead atoms. The first-order valence-corrected chi connectivity index (χ1v) is 8.91. The van der Waals surface area contributed by atoms with Gasteiger partial charge < -0.3 is 0 Å². The van der Waals surface area contributed by atoms with E-state index in [0.717, 1.165) is 11.7 Å². The van der Waals surface area contributed by atoms with Crippen LogP contribution in [0.5, 0.6) is 0 Å². The van der Waals surface area contributed by atoms with Gasteiger partial charge in [-0.15, -0.1) is 11.8 Å². The van der Waals surface area contributed by atoms with Gasteiger partial charge in [-0.25, -0.2) is 0 Å². The van der Waals surface area contributed by atoms with Crippen molar-refractivity contribution >= 4 is 27.7 Å². The lowest BCUT2D eigenvalue weighted by atomic mass is 9.85. The van der Waals surface area contributed by atoms with Crippen molar-refractivity contribution < 1.29 is 0 Å². The van der Waals surface area contributed by atoms with Crippen LogP contribution in [-0.2, 0) is 0 Å². The van der Waals surface area contributed by atoms with Gasteiger partial charge in [-0.05, 0) is 40.4 Å². The Morgan fingerprint density at radius 1 is 1.26 bits per heavy atom. The minimum Gasteiger partial charge on any atom is -0.271 e. The van der Waals surface area contributed by atoms with E-state index in [-0.39, 0.29) is 0 Å². The van der Waals surface area contributed by atoms with Crippen molar-refractivity contribution in [3.05, 3.63) is 28.7 Å². The lowest BCUT2D eigenvalue weighted by Crippen LogP contribution is -2.38. The highest BCUT2D eigenvalue weighted by atomic mass is 79.9. The number of hydrazine groups is 1. The van der Waals surface area contributed by atoms with E-state index in [9.17, 15) is 0 Å². The first kappa shape index (κ1) is 15.4. The quantitative estimate of drug-likeness (QED) is 0.458. The molecule has 3 N–H and O–H groups in total. The fourth-order valence-corrected chi connectivity index (χ4v) is 4.38. The second-order valence-corrected chi connectivity index (χ2v) is 7.26. The first-order chi connectivity index (χ1) is 9.29. The molecular formula is C15H23BrN2S. The normalized spacial score (nSPS) is 18.4. The molecular weight excluding hydrogens is 320 g/mol. The van der Waals surface area contributed by atoms with Gasteiger partial charge in [0.05, 0.1) is 0 Å². The van der Waals surface area contributed by atoms with Gasteiger partial charge in [0.15, 0.2) is 0 Å². The molecule has 0 saturated heterocycles. The lowest BCUT2D eigenvalue weighted by Gasteiger charge is -2.26. The Morgan fingerprint density at radius 2 is 2.00 bits per heavy atom. The molecule has 19 heavy (non-hydrogen) atoms. The van der Waals surface area contributed by atoms with E-state index in [1.54, 1.807) is 0 Å². The summed E-state index contributed by atoms with van der Waals surface area (Å²) in [5.74, 6) is 7.62. The molecule has 1 aliphatic carbocycles. The Hall–Kier alpha value is -0.0300. The van der Waals surface area contributed by atoms with Gasteiger partial charge >= 0.3 is 0 Å². The second-order valence-electron chi connectivity index (χ2n) is 5.34. The van der Waals surface area contributed by atoms with Crippen LogP contribution in [0.3, 0.4) is 0 Å². The number of nitrogens with two attached hydrogens (primary N) is 1. The molecule has 1 aliphatic rings. The Kier molecular flexibility index (Phi) is 6.71. The van der Waals surface area contributed by atoms with Crippen LogP contribution in [0, 0.1) is 5.92 Å². The average molecular weight is 343 g/mol. The fourth-order valence-electron chi connectivity index (χ4n) is 2.76.